The normalized spacial score (nSPS) is 13.2. The van der Waals surface area contributed by atoms with Gasteiger partial charge in [0.2, 0.25) is 5.91 Å². The highest BCUT2D eigenvalue weighted by atomic mass is 19.1. The van der Waals surface area contributed by atoms with Gasteiger partial charge in [0.05, 0.1) is 18.4 Å². The number of hydrogen-bond acceptors (Lipinski definition) is 5. The molecule has 38 heavy (non-hydrogen) atoms. The molecule has 0 atom stereocenters. The van der Waals surface area contributed by atoms with Crippen LogP contribution in [0.4, 0.5) is 21.5 Å². The van der Waals surface area contributed by atoms with Gasteiger partial charge in [-0.2, -0.15) is 0 Å². The molecule has 3 aromatic carbocycles. The van der Waals surface area contributed by atoms with Crippen LogP contribution in [-0.4, -0.2) is 45.1 Å². The van der Waals surface area contributed by atoms with Crippen molar-refractivity contribution in [2.24, 2.45) is 0 Å². The van der Waals surface area contributed by atoms with E-state index in [9.17, 15) is 14.0 Å². The van der Waals surface area contributed by atoms with Gasteiger partial charge in [-0.3, -0.25) is 9.59 Å². The van der Waals surface area contributed by atoms with E-state index in [0.29, 0.717) is 17.7 Å². The molecule has 0 bridgehead atoms. The summed E-state index contributed by atoms with van der Waals surface area (Å²) < 4.78 is 18.8. The number of methoxy groups -OCH3 is 1. The number of anilines is 3. The van der Waals surface area contributed by atoms with Crippen molar-refractivity contribution in [3.63, 3.8) is 0 Å². The second-order valence-electron chi connectivity index (χ2n) is 9.34. The number of para-hydroxylation sites is 2. The first-order valence-electron chi connectivity index (χ1n) is 13.1. The van der Waals surface area contributed by atoms with Gasteiger partial charge in [0.25, 0.3) is 5.91 Å². The van der Waals surface area contributed by atoms with Gasteiger partial charge in [-0.1, -0.05) is 37.6 Å². The summed E-state index contributed by atoms with van der Waals surface area (Å²) in [6.45, 7) is 5.29. The van der Waals surface area contributed by atoms with Crippen LogP contribution in [0.25, 0.3) is 0 Å². The van der Waals surface area contributed by atoms with Gasteiger partial charge in [-0.05, 0) is 54.4 Å². The smallest absolute Gasteiger partial charge is 0.253 e. The third-order valence-electron chi connectivity index (χ3n) is 6.69. The lowest BCUT2D eigenvalue weighted by atomic mass is 10.1. The summed E-state index contributed by atoms with van der Waals surface area (Å²) in [6.07, 6.45) is 2.19. The van der Waals surface area contributed by atoms with Crippen LogP contribution in [-0.2, 0) is 11.3 Å². The van der Waals surface area contributed by atoms with Crippen molar-refractivity contribution in [2.45, 2.75) is 32.7 Å². The van der Waals surface area contributed by atoms with Crippen molar-refractivity contribution >= 4 is 28.9 Å². The maximum absolute atomic E-state index is 13.4. The maximum Gasteiger partial charge on any atom is 0.253 e. The van der Waals surface area contributed by atoms with E-state index in [1.54, 1.807) is 25.3 Å². The van der Waals surface area contributed by atoms with Gasteiger partial charge >= 0.3 is 0 Å². The summed E-state index contributed by atoms with van der Waals surface area (Å²) in [5, 5.41) is 5.87. The van der Waals surface area contributed by atoms with Crippen molar-refractivity contribution in [1.29, 1.82) is 0 Å². The standard InChI is InChI=1S/C30H35FN4O3/c1-3-4-9-29(36)33-24-14-15-26(25(20-24)30(37)32-21-22-10-12-23(31)13-11-22)34-16-18-35(19-17-34)27-7-5-6-8-28(27)38-2/h5-8,10-15,20H,3-4,9,16-19,21H2,1-2H3,(H,32,37)(H,33,36). The van der Waals surface area contributed by atoms with Crippen LogP contribution in [0.2, 0.25) is 0 Å². The third kappa shape index (κ3) is 6.82. The molecule has 1 aliphatic rings. The molecular weight excluding hydrogens is 483 g/mol. The number of hydrogen-bond donors (Lipinski definition) is 2. The molecule has 8 heteroatoms. The molecule has 200 valence electrons. The maximum atomic E-state index is 13.4. The number of nitrogens with one attached hydrogen (secondary N) is 2. The molecule has 0 unspecified atom stereocenters. The second kappa shape index (κ2) is 12.9. The van der Waals surface area contributed by atoms with Crippen molar-refractivity contribution in [1.82, 2.24) is 5.32 Å². The van der Waals surface area contributed by atoms with E-state index in [-0.39, 0.29) is 24.2 Å². The minimum atomic E-state index is -0.318. The Kier molecular flexibility index (Phi) is 9.19. The Balaban J connectivity index is 1.52. The number of ether oxygens (including phenoxy) is 1. The van der Waals surface area contributed by atoms with E-state index in [1.807, 2.05) is 37.3 Å². The molecule has 1 aliphatic heterocycles. The van der Waals surface area contributed by atoms with Gasteiger partial charge in [-0.15, -0.1) is 0 Å². The van der Waals surface area contributed by atoms with E-state index in [4.69, 9.17) is 4.74 Å². The SMILES string of the molecule is CCCCC(=O)Nc1ccc(N2CCN(c3ccccc3OC)CC2)c(C(=O)NCc2ccc(F)cc2)c1. The second-order valence-corrected chi connectivity index (χ2v) is 9.34. The number of rotatable bonds is 10. The Labute approximate surface area is 223 Å². The van der Waals surface area contributed by atoms with Crippen molar-refractivity contribution in [3.05, 3.63) is 83.7 Å². The largest absolute Gasteiger partial charge is 0.495 e. The molecule has 2 amide bonds. The molecule has 1 heterocycles. The zero-order chi connectivity index (χ0) is 26.9. The number of unbranched alkanes of at least 4 members (excludes halogenated alkanes) is 1. The van der Waals surface area contributed by atoms with E-state index >= 15 is 0 Å². The highest BCUT2D eigenvalue weighted by molar-refractivity contribution is 6.02. The first kappa shape index (κ1) is 27.0. The minimum absolute atomic E-state index is 0.0670. The van der Waals surface area contributed by atoms with Crippen molar-refractivity contribution < 1.29 is 18.7 Å². The van der Waals surface area contributed by atoms with Gasteiger partial charge in [0.15, 0.2) is 0 Å². The van der Waals surface area contributed by atoms with Crippen LogP contribution >= 0.6 is 0 Å². The molecule has 0 aromatic heterocycles. The van der Waals surface area contributed by atoms with Gasteiger partial charge in [0.1, 0.15) is 11.6 Å². The summed E-state index contributed by atoms with van der Waals surface area (Å²) in [5.41, 5.74) is 3.75. The Hall–Kier alpha value is -4.07. The predicted octanol–water partition coefficient (Wildman–Crippen LogP) is 5.22. The molecule has 1 saturated heterocycles. The third-order valence-corrected chi connectivity index (χ3v) is 6.69. The zero-order valence-electron chi connectivity index (χ0n) is 22.0. The summed E-state index contributed by atoms with van der Waals surface area (Å²) in [4.78, 5) is 30.2. The summed E-state index contributed by atoms with van der Waals surface area (Å²) in [5.74, 6) is 0.204. The fourth-order valence-corrected chi connectivity index (χ4v) is 4.59. The number of halogens is 1. The Morgan fingerprint density at radius 2 is 1.61 bits per heavy atom. The topological polar surface area (TPSA) is 73.9 Å². The molecule has 7 nitrogen and oxygen atoms in total. The van der Waals surface area contributed by atoms with Crippen molar-refractivity contribution in [2.75, 3.05) is 48.4 Å². The highest BCUT2D eigenvalue weighted by Crippen LogP contribution is 2.31. The van der Waals surface area contributed by atoms with Crippen LogP contribution < -0.4 is 25.2 Å². The molecule has 0 saturated carbocycles. The zero-order valence-corrected chi connectivity index (χ0v) is 22.0. The first-order chi connectivity index (χ1) is 18.5. The number of nitrogens with zero attached hydrogens (tertiary/aromatic N) is 2. The predicted molar refractivity (Wildman–Crippen MR) is 150 cm³/mol. The minimum Gasteiger partial charge on any atom is -0.495 e. The van der Waals surface area contributed by atoms with E-state index in [2.05, 4.69) is 26.5 Å². The molecule has 0 radical (unpaired) electrons. The quantitative estimate of drug-likeness (QED) is 0.385. The Bertz CT molecular complexity index is 1240. The number of carbonyl (C=O) groups is 2. The Morgan fingerprint density at radius 1 is 0.921 bits per heavy atom. The highest BCUT2D eigenvalue weighted by Gasteiger charge is 2.24. The van der Waals surface area contributed by atoms with E-state index < -0.39 is 0 Å². The van der Waals surface area contributed by atoms with E-state index in [0.717, 1.165) is 61.7 Å². The summed E-state index contributed by atoms with van der Waals surface area (Å²) in [6, 6.07) is 19.5. The first-order valence-corrected chi connectivity index (χ1v) is 13.1. The molecule has 0 aliphatic carbocycles. The lowest BCUT2D eigenvalue weighted by Crippen LogP contribution is -2.47. The molecule has 4 rings (SSSR count). The number of amides is 2. The fourth-order valence-electron chi connectivity index (χ4n) is 4.59. The molecular formula is C30H35FN4O3. The average Bonchev–Trinajstić information content (AvgIpc) is 2.95. The molecule has 2 N–H and O–H groups in total. The molecule has 3 aromatic rings. The van der Waals surface area contributed by atoms with Crippen LogP contribution in [0.15, 0.2) is 66.7 Å². The fraction of sp³-hybridized carbons (Fsp3) is 0.333. The van der Waals surface area contributed by atoms with Gasteiger partial charge in [-0.25, -0.2) is 4.39 Å². The number of piperazine rings is 1. The number of benzene rings is 3. The summed E-state index contributed by atoms with van der Waals surface area (Å²) >= 11 is 0. The van der Waals surface area contributed by atoms with Crippen LogP contribution in [0.5, 0.6) is 5.75 Å². The van der Waals surface area contributed by atoms with Crippen LogP contribution in [0.3, 0.4) is 0 Å². The Morgan fingerprint density at radius 3 is 2.29 bits per heavy atom. The molecule has 0 spiro atoms. The van der Waals surface area contributed by atoms with Gasteiger partial charge < -0.3 is 25.2 Å². The monoisotopic (exact) mass is 518 g/mol. The lowest BCUT2D eigenvalue weighted by Gasteiger charge is -2.38. The number of carbonyl (C=O) groups excluding carboxylic acids is 2. The van der Waals surface area contributed by atoms with Gasteiger partial charge in [0, 0.05) is 50.5 Å². The molecule has 1 fully saturated rings. The van der Waals surface area contributed by atoms with Crippen LogP contribution in [0, 0.1) is 5.82 Å². The van der Waals surface area contributed by atoms with Crippen LogP contribution in [0.1, 0.15) is 42.1 Å². The average molecular weight is 519 g/mol. The summed E-state index contributed by atoms with van der Waals surface area (Å²) in [7, 11) is 1.68. The lowest BCUT2D eigenvalue weighted by molar-refractivity contribution is -0.116. The van der Waals surface area contributed by atoms with E-state index in [1.165, 1.54) is 12.1 Å². The van der Waals surface area contributed by atoms with Crippen molar-refractivity contribution in [3.8, 4) is 5.75 Å².